The standard InChI is InChI=1S/C6H11IO2/c7-5-6(8)3-1-2-4-9-6/h8H,1-5H2. The maximum absolute atomic E-state index is 9.45. The number of ether oxygens (including phenoxy) is 1. The zero-order valence-corrected chi connectivity index (χ0v) is 7.43. The first-order chi connectivity index (χ1) is 4.27. The molecule has 1 atom stereocenters. The van der Waals surface area contributed by atoms with Gasteiger partial charge in [-0.2, -0.15) is 0 Å². The van der Waals surface area contributed by atoms with Crippen molar-refractivity contribution in [3.63, 3.8) is 0 Å². The summed E-state index contributed by atoms with van der Waals surface area (Å²) in [6, 6.07) is 0. The third-order valence-corrected chi connectivity index (χ3v) is 2.73. The molecule has 0 aromatic heterocycles. The second kappa shape index (κ2) is 3.16. The molecule has 2 nitrogen and oxygen atoms in total. The van der Waals surface area contributed by atoms with Gasteiger partial charge in [0.15, 0.2) is 5.79 Å². The predicted molar refractivity (Wildman–Crippen MR) is 43.6 cm³/mol. The monoisotopic (exact) mass is 242 g/mol. The van der Waals surface area contributed by atoms with Crippen LogP contribution in [0.1, 0.15) is 19.3 Å². The highest BCUT2D eigenvalue weighted by Crippen LogP contribution is 2.23. The van der Waals surface area contributed by atoms with E-state index in [0.717, 1.165) is 25.9 Å². The molecular formula is C6H11IO2. The van der Waals surface area contributed by atoms with E-state index >= 15 is 0 Å². The summed E-state index contributed by atoms with van der Waals surface area (Å²) in [7, 11) is 0. The van der Waals surface area contributed by atoms with Crippen molar-refractivity contribution in [3.8, 4) is 0 Å². The van der Waals surface area contributed by atoms with E-state index in [4.69, 9.17) is 4.74 Å². The van der Waals surface area contributed by atoms with Crippen LogP contribution in [0.2, 0.25) is 0 Å². The molecule has 0 spiro atoms. The summed E-state index contributed by atoms with van der Waals surface area (Å²) >= 11 is 2.15. The largest absolute Gasteiger partial charge is 0.365 e. The second-order valence-corrected chi connectivity index (χ2v) is 3.15. The van der Waals surface area contributed by atoms with Crippen LogP contribution in [0.5, 0.6) is 0 Å². The first kappa shape index (κ1) is 7.75. The summed E-state index contributed by atoms with van der Waals surface area (Å²) in [5, 5.41) is 9.45. The van der Waals surface area contributed by atoms with Gasteiger partial charge in [0.05, 0.1) is 11.0 Å². The topological polar surface area (TPSA) is 29.5 Å². The molecule has 3 heteroatoms. The minimum atomic E-state index is -0.793. The Balaban J connectivity index is 2.37. The fourth-order valence-electron chi connectivity index (χ4n) is 0.943. The van der Waals surface area contributed by atoms with Crippen molar-refractivity contribution in [1.82, 2.24) is 0 Å². The van der Waals surface area contributed by atoms with E-state index in [0.29, 0.717) is 4.43 Å². The first-order valence-electron chi connectivity index (χ1n) is 3.19. The molecule has 0 aromatic rings. The van der Waals surface area contributed by atoms with Gasteiger partial charge in [-0.3, -0.25) is 0 Å². The van der Waals surface area contributed by atoms with Gasteiger partial charge >= 0.3 is 0 Å². The van der Waals surface area contributed by atoms with E-state index < -0.39 is 5.79 Å². The number of alkyl halides is 1. The number of halogens is 1. The molecule has 1 aliphatic heterocycles. The molecule has 0 aromatic carbocycles. The highest BCUT2D eigenvalue weighted by atomic mass is 127. The minimum absolute atomic E-state index is 0.685. The third kappa shape index (κ3) is 2.05. The summed E-state index contributed by atoms with van der Waals surface area (Å²) in [5.41, 5.74) is 0. The number of rotatable bonds is 1. The molecule has 1 heterocycles. The smallest absolute Gasteiger partial charge is 0.174 e. The van der Waals surface area contributed by atoms with Crippen LogP contribution in [-0.4, -0.2) is 21.9 Å². The van der Waals surface area contributed by atoms with E-state index in [-0.39, 0.29) is 0 Å². The minimum Gasteiger partial charge on any atom is -0.365 e. The zero-order chi connectivity index (χ0) is 6.74. The lowest BCUT2D eigenvalue weighted by Crippen LogP contribution is -2.37. The Morgan fingerprint density at radius 2 is 2.33 bits per heavy atom. The Kier molecular flexibility index (Phi) is 2.73. The molecule has 1 unspecified atom stereocenters. The van der Waals surface area contributed by atoms with Crippen molar-refractivity contribution in [2.45, 2.75) is 25.0 Å². The summed E-state index contributed by atoms with van der Waals surface area (Å²) in [5.74, 6) is -0.793. The highest BCUT2D eigenvalue weighted by molar-refractivity contribution is 14.1. The number of aliphatic hydroxyl groups is 1. The first-order valence-corrected chi connectivity index (χ1v) is 4.72. The van der Waals surface area contributed by atoms with Gasteiger partial charge in [-0.05, 0) is 12.8 Å². The second-order valence-electron chi connectivity index (χ2n) is 2.39. The van der Waals surface area contributed by atoms with Crippen molar-refractivity contribution in [1.29, 1.82) is 0 Å². The van der Waals surface area contributed by atoms with Crippen LogP contribution in [0.25, 0.3) is 0 Å². The molecular weight excluding hydrogens is 231 g/mol. The molecule has 1 aliphatic rings. The average Bonchev–Trinajstić information content (AvgIpc) is 1.90. The number of hydrogen-bond donors (Lipinski definition) is 1. The van der Waals surface area contributed by atoms with Crippen LogP contribution in [0.3, 0.4) is 0 Å². The Morgan fingerprint density at radius 3 is 2.67 bits per heavy atom. The normalized spacial score (nSPS) is 36.7. The van der Waals surface area contributed by atoms with E-state index in [9.17, 15) is 5.11 Å². The van der Waals surface area contributed by atoms with Crippen LogP contribution >= 0.6 is 22.6 Å². The number of hydrogen-bond acceptors (Lipinski definition) is 2. The van der Waals surface area contributed by atoms with Gasteiger partial charge in [-0.25, -0.2) is 0 Å². The van der Waals surface area contributed by atoms with Crippen molar-refractivity contribution in [2.24, 2.45) is 0 Å². The Hall–Kier alpha value is 0.650. The van der Waals surface area contributed by atoms with E-state index in [1.807, 2.05) is 0 Å². The molecule has 1 fully saturated rings. The fourth-order valence-corrected chi connectivity index (χ4v) is 1.54. The quantitative estimate of drug-likeness (QED) is 0.555. The highest BCUT2D eigenvalue weighted by Gasteiger charge is 2.28. The van der Waals surface area contributed by atoms with Gasteiger partial charge in [0, 0.05) is 6.42 Å². The maximum Gasteiger partial charge on any atom is 0.174 e. The summed E-state index contributed by atoms with van der Waals surface area (Å²) in [6.45, 7) is 0.722. The lowest BCUT2D eigenvalue weighted by molar-refractivity contribution is -0.205. The van der Waals surface area contributed by atoms with Gasteiger partial charge in [0.25, 0.3) is 0 Å². The van der Waals surface area contributed by atoms with E-state index in [1.54, 1.807) is 0 Å². The van der Waals surface area contributed by atoms with Gasteiger partial charge in [-0.15, -0.1) is 0 Å². The molecule has 0 saturated carbocycles. The van der Waals surface area contributed by atoms with Crippen molar-refractivity contribution < 1.29 is 9.84 Å². The SMILES string of the molecule is OC1(CI)CCCCO1. The van der Waals surface area contributed by atoms with Crippen molar-refractivity contribution >= 4 is 22.6 Å². The van der Waals surface area contributed by atoms with Crippen LogP contribution in [0.15, 0.2) is 0 Å². The van der Waals surface area contributed by atoms with Crippen molar-refractivity contribution in [3.05, 3.63) is 0 Å². The molecule has 0 aliphatic carbocycles. The molecule has 1 N–H and O–H groups in total. The predicted octanol–water partition coefficient (Wildman–Crippen LogP) is 1.31. The molecule has 1 rings (SSSR count). The molecule has 1 saturated heterocycles. The van der Waals surface area contributed by atoms with E-state index in [1.165, 1.54) is 0 Å². The maximum atomic E-state index is 9.45. The molecule has 54 valence electrons. The fraction of sp³-hybridized carbons (Fsp3) is 1.00. The third-order valence-electron chi connectivity index (χ3n) is 1.54. The van der Waals surface area contributed by atoms with E-state index in [2.05, 4.69) is 22.6 Å². The Labute approximate surface area is 68.7 Å². The van der Waals surface area contributed by atoms with Gasteiger partial charge in [-0.1, -0.05) is 22.6 Å². The lowest BCUT2D eigenvalue weighted by Gasteiger charge is -2.30. The molecule has 9 heavy (non-hydrogen) atoms. The molecule has 0 bridgehead atoms. The summed E-state index contributed by atoms with van der Waals surface area (Å²) < 4.78 is 5.85. The average molecular weight is 242 g/mol. The zero-order valence-electron chi connectivity index (χ0n) is 5.27. The van der Waals surface area contributed by atoms with Crippen LogP contribution in [0, 0.1) is 0 Å². The van der Waals surface area contributed by atoms with Gasteiger partial charge in [0.2, 0.25) is 0 Å². The van der Waals surface area contributed by atoms with Crippen LogP contribution < -0.4 is 0 Å². The van der Waals surface area contributed by atoms with Crippen LogP contribution in [0.4, 0.5) is 0 Å². The molecule has 0 radical (unpaired) electrons. The summed E-state index contributed by atoms with van der Waals surface area (Å²) in [6.07, 6.45) is 2.99. The van der Waals surface area contributed by atoms with Gasteiger partial charge in [0.1, 0.15) is 0 Å². The Morgan fingerprint density at radius 1 is 1.56 bits per heavy atom. The van der Waals surface area contributed by atoms with Crippen molar-refractivity contribution in [2.75, 3.05) is 11.0 Å². The lowest BCUT2D eigenvalue weighted by atomic mass is 10.1. The van der Waals surface area contributed by atoms with Crippen LogP contribution in [-0.2, 0) is 4.74 Å². The Bertz CT molecular complexity index is 89.1. The van der Waals surface area contributed by atoms with Gasteiger partial charge < -0.3 is 9.84 Å². The summed E-state index contributed by atoms with van der Waals surface area (Å²) in [4.78, 5) is 0. The molecule has 0 amide bonds.